The van der Waals surface area contributed by atoms with Crippen LogP contribution in [0.2, 0.25) is 0 Å². The summed E-state index contributed by atoms with van der Waals surface area (Å²) in [6.45, 7) is 8.74. The van der Waals surface area contributed by atoms with E-state index < -0.39 is 0 Å². The van der Waals surface area contributed by atoms with Crippen molar-refractivity contribution in [2.24, 2.45) is 0 Å². The van der Waals surface area contributed by atoms with Gasteiger partial charge in [-0.25, -0.2) is 0 Å². The van der Waals surface area contributed by atoms with Gasteiger partial charge in [-0.15, -0.1) is 0 Å². The predicted octanol–water partition coefficient (Wildman–Crippen LogP) is 0.705. The summed E-state index contributed by atoms with van der Waals surface area (Å²) in [5, 5.41) is 3.45. The fourth-order valence-corrected chi connectivity index (χ4v) is 1.98. The van der Waals surface area contributed by atoms with Crippen molar-refractivity contribution >= 4 is 0 Å². The maximum absolute atomic E-state index is 5.12. The van der Waals surface area contributed by atoms with Gasteiger partial charge in [-0.1, -0.05) is 0 Å². The molecule has 0 saturated carbocycles. The molecule has 0 bridgehead atoms. The van der Waals surface area contributed by atoms with E-state index in [0.717, 1.165) is 26.2 Å². The summed E-state index contributed by atoms with van der Waals surface area (Å²) < 4.78 is 5.12. The van der Waals surface area contributed by atoms with Crippen molar-refractivity contribution < 1.29 is 4.74 Å². The number of ether oxygens (including phenoxy) is 1. The van der Waals surface area contributed by atoms with Gasteiger partial charge in [0.15, 0.2) is 0 Å². The zero-order chi connectivity index (χ0) is 9.68. The van der Waals surface area contributed by atoms with E-state index in [2.05, 4.69) is 24.1 Å². The third-order valence-electron chi connectivity index (χ3n) is 2.86. The maximum atomic E-state index is 5.12. The van der Waals surface area contributed by atoms with Gasteiger partial charge in [0, 0.05) is 32.3 Å². The molecule has 0 aromatic heterocycles. The lowest BCUT2D eigenvalue weighted by Crippen LogP contribution is -2.43. The summed E-state index contributed by atoms with van der Waals surface area (Å²) in [6, 6.07) is 1.31. The van der Waals surface area contributed by atoms with Crippen molar-refractivity contribution in [3.05, 3.63) is 0 Å². The molecule has 0 amide bonds. The third kappa shape index (κ3) is 3.25. The van der Waals surface area contributed by atoms with Crippen LogP contribution in [0.5, 0.6) is 0 Å². The molecule has 1 rings (SSSR count). The van der Waals surface area contributed by atoms with E-state index in [1.807, 2.05) is 0 Å². The fraction of sp³-hybridized carbons (Fsp3) is 1.00. The van der Waals surface area contributed by atoms with Gasteiger partial charge in [0.1, 0.15) is 0 Å². The quantitative estimate of drug-likeness (QED) is 0.702. The lowest BCUT2D eigenvalue weighted by molar-refractivity contribution is 0.102. The zero-order valence-electron chi connectivity index (χ0n) is 9.05. The second-order valence-electron chi connectivity index (χ2n) is 3.92. The summed E-state index contributed by atoms with van der Waals surface area (Å²) in [6.07, 6.45) is 1.24. The highest BCUT2D eigenvalue weighted by Gasteiger charge is 2.21. The smallest absolute Gasteiger partial charge is 0.0589 e. The van der Waals surface area contributed by atoms with Gasteiger partial charge in [0.05, 0.1) is 6.61 Å². The zero-order valence-corrected chi connectivity index (χ0v) is 9.05. The standard InChI is InChI=1S/C10H22N2O/c1-9-4-5-11-8-10(2)12(9)6-7-13-3/h9-11H,4-8H2,1-3H3. The topological polar surface area (TPSA) is 24.5 Å². The van der Waals surface area contributed by atoms with Crippen molar-refractivity contribution in [2.75, 3.05) is 33.4 Å². The molecule has 1 heterocycles. The predicted molar refractivity (Wildman–Crippen MR) is 55.0 cm³/mol. The molecule has 3 heteroatoms. The highest BCUT2D eigenvalue weighted by Crippen LogP contribution is 2.10. The van der Waals surface area contributed by atoms with Crippen LogP contribution in [0.3, 0.4) is 0 Å². The van der Waals surface area contributed by atoms with Crippen molar-refractivity contribution in [1.82, 2.24) is 10.2 Å². The van der Waals surface area contributed by atoms with E-state index in [9.17, 15) is 0 Å². The first kappa shape index (κ1) is 11.0. The Morgan fingerprint density at radius 1 is 1.38 bits per heavy atom. The van der Waals surface area contributed by atoms with E-state index >= 15 is 0 Å². The number of nitrogens with one attached hydrogen (secondary N) is 1. The number of methoxy groups -OCH3 is 1. The molecule has 1 aliphatic rings. The molecule has 0 radical (unpaired) electrons. The first-order valence-corrected chi connectivity index (χ1v) is 5.21. The molecule has 1 fully saturated rings. The normalized spacial score (nSPS) is 31.6. The summed E-state index contributed by atoms with van der Waals surface area (Å²) in [5.41, 5.74) is 0. The SMILES string of the molecule is COCCN1C(C)CCNCC1C. The summed E-state index contributed by atoms with van der Waals surface area (Å²) >= 11 is 0. The molecule has 13 heavy (non-hydrogen) atoms. The van der Waals surface area contributed by atoms with Crippen molar-refractivity contribution in [2.45, 2.75) is 32.4 Å². The summed E-state index contributed by atoms with van der Waals surface area (Å²) in [4.78, 5) is 2.53. The number of nitrogens with zero attached hydrogens (tertiary/aromatic N) is 1. The average Bonchev–Trinajstić information content (AvgIpc) is 2.26. The fourth-order valence-electron chi connectivity index (χ4n) is 1.98. The molecule has 0 spiro atoms. The molecule has 3 nitrogen and oxygen atoms in total. The summed E-state index contributed by atoms with van der Waals surface area (Å²) in [7, 11) is 1.77. The van der Waals surface area contributed by atoms with Crippen LogP contribution in [0.15, 0.2) is 0 Å². The Morgan fingerprint density at radius 2 is 2.15 bits per heavy atom. The third-order valence-corrected chi connectivity index (χ3v) is 2.86. The first-order chi connectivity index (χ1) is 6.25. The van der Waals surface area contributed by atoms with Gasteiger partial charge in [-0.3, -0.25) is 4.90 Å². The lowest BCUT2D eigenvalue weighted by Gasteiger charge is -2.31. The number of hydrogen-bond acceptors (Lipinski definition) is 3. The van der Waals surface area contributed by atoms with Gasteiger partial charge in [0.2, 0.25) is 0 Å². The van der Waals surface area contributed by atoms with E-state index in [-0.39, 0.29) is 0 Å². The minimum Gasteiger partial charge on any atom is -0.383 e. The maximum Gasteiger partial charge on any atom is 0.0589 e. The average molecular weight is 186 g/mol. The van der Waals surface area contributed by atoms with Crippen LogP contribution in [0.25, 0.3) is 0 Å². The van der Waals surface area contributed by atoms with Crippen LogP contribution in [0, 0.1) is 0 Å². The molecule has 0 aromatic rings. The molecular formula is C10H22N2O. The van der Waals surface area contributed by atoms with Gasteiger partial charge in [-0.2, -0.15) is 0 Å². The molecule has 2 atom stereocenters. The number of rotatable bonds is 3. The Hall–Kier alpha value is -0.120. The van der Waals surface area contributed by atoms with E-state index in [1.54, 1.807) is 7.11 Å². The van der Waals surface area contributed by atoms with Crippen molar-refractivity contribution in [3.63, 3.8) is 0 Å². The Balaban J connectivity index is 2.43. The minimum absolute atomic E-state index is 0.632. The molecule has 1 N–H and O–H groups in total. The van der Waals surface area contributed by atoms with E-state index in [4.69, 9.17) is 4.74 Å². The molecule has 1 aliphatic heterocycles. The Kier molecular flexibility index (Phi) is 4.70. The minimum atomic E-state index is 0.632. The van der Waals surface area contributed by atoms with Gasteiger partial charge < -0.3 is 10.1 Å². The van der Waals surface area contributed by atoms with Crippen molar-refractivity contribution in [1.29, 1.82) is 0 Å². The van der Waals surface area contributed by atoms with Crippen LogP contribution < -0.4 is 5.32 Å². The second-order valence-corrected chi connectivity index (χ2v) is 3.92. The monoisotopic (exact) mass is 186 g/mol. The molecule has 1 saturated heterocycles. The van der Waals surface area contributed by atoms with Crippen LogP contribution in [0.4, 0.5) is 0 Å². The molecule has 0 aliphatic carbocycles. The Bertz CT molecular complexity index is 129. The summed E-state index contributed by atoms with van der Waals surface area (Å²) in [5.74, 6) is 0. The van der Waals surface area contributed by atoms with Gasteiger partial charge in [0.25, 0.3) is 0 Å². The van der Waals surface area contributed by atoms with Crippen LogP contribution in [-0.4, -0.2) is 50.3 Å². The second kappa shape index (κ2) is 5.58. The number of hydrogen-bond donors (Lipinski definition) is 1. The van der Waals surface area contributed by atoms with Crippen LogP contribution >= 0.6 is 0 Å². The van der Waals surface area contributed by atoms with E-state index in [0.29, 0.717) is 12.1 Å². The highest BCUT2D eigenvalue weighted by molar-refractivity contribution is 4.79. The van der Waals surface area contributed by atoms with E-state index in [1.165, 1.54) is 6.42 Å². The molecular weight excluding hydrogens is 164 g/mol. The Morgan fingerprint density at radius 3 is 2.85 bits per heavy atom. The first-order valence-electron chi connectivity index (χ1n) is 5.21. The van der Waals surface area contributed by atoms with Crippen LogP contribution in [-0.2, 0) is 4.74 Å². The van der Waals surface area contributed by atoms with Gasteiger partial charge >= 0.3 is 0 Å². The van der Waals surface area contributed by atoms with Crippen LogP contribution in [0.1, 0.15) is 20.3 Å². The molecule has 0 aromatic carbocycles. The lowest BCUT2D eigenvalue weighted by atomic mass is 10.2. The van der Waals surface area contributed by atoms with Crippen molar-refractivity contribution in [3.8, 4) is 0 Å². The largest absolute Gasteiger partial charge is 0.383 e. The Labute approximate surface area is 81.4 Å². The highest BCUT2D eigenvalue weighted by atomic mass is 16.5. The molecule has 78 valence electrons. The molecule has 2 unspecified atom stereocenters. The van der Waals surface area contributed by atoms with Gasteiger partial charge in [-0.05, 0) is 26.8 Å².